The summed E-state index contributed by atoms with van der Waals surface area (Å²) in [7, 11) is 0. The van der Waals surface area contributed by atoms with Gasteiger partial charge in [-0.15, -0.1) is 0 Å². The summed E-state index contributed by atoms with van der Waals surface area (Å²) in [5.41, 5.74) is -0.683. The summed E-state index contributed by atoms with van der Waals surface area (Å²) in [5.74, 6) is -0.157. The van der Waals surface area contributed by atoms with Crippen molar-refractivity contribution in [3.05, 3.63) is 0 Å². The summed E-state index contributed by atoms with van der Waals surface area (Å²) in [6.07, 6.45) is 4.89. The normalized spacial score (nSPS) is 54.0. The predicted octanol–water partition coefficient (Wildman–Crippen LogP) is 3.69. The third-order valence-corrected chi connectivity index (χ3v) is 10.7. The highest BCUT2D eigenvalue weighted by atomic mass is 16.4. The Morgan fingerprint density at radius 3 is 2.33 bits per heavy atom. The molecule has 4 aliphatic carbocycles. The molecule has 0 saturated heterocycles. The standard InChI is InChI=1S/C25H42O5/c1-5-6-13(2)16-7-8-17-22-18(12-21(28)25(16,17)4)24(3)14(10-20(22)27)9-15(26)11-19(24)23(29)30/h13-22,26-28H,5-12H2,1-4H3,(H,29,30)/t13-,14+,15+,16-,17+,18+,19?,20-,21+,22+,24+,25-/m1/s1. The second kappa shape index (κ2) is 7.74. The van der Waals surface area contributed by atoms with Crippen LogP contribution in [-0.2, 0) is 4.79 Å². The first-order chi connectivity index (χ1) is 14.1. The molecule has 0 spiro atoms. The van der Waals surface area contributed by atoms with E-state index in [2.05, 4.69) is 27.7 Å². The van der Waals surface area contributed by atoms with Gasteiger partial charge in [0.1, 0.15) is 0 Å². The Morgan fingerprint density at radius 2 is 1.70 bits per heavy atom. The number of aliphatic hydroxyl groups is 3. The molecule has 0 radical (unpaired) electrons. The van der Waals surface area contributed by atoms with E-state index in [0.717, 1.165) is 25.7 Å². The first-order valence-electron chi connectivity index (χ1n) is 12.3. The number of carboxylic acids is 1. The van der Waals surface area contributed by atoms with Crippen molar-refractivity contribution in [3.8, 4) is 0 Å². The lowest BCUT2D eigenvalue weighted by atomic mass is 9.41. The lowest BCUT2D eigenvalue weighted by molar-refractivity contribution is -0.225. The number of fused-ring (bicyclic) bond motifs is 5. The molecule has 0 aromatic rings. The van der Waals surface area contributed by atoms with E-state index < -0.39 is 35.6 Å². The molecule has 0 aromatic carbocycles. The van der Waals surface area contributed by atoms with Crippen LogP contribution >= 0.6 is 0 Å². The Bertz CT molecular complexity index is 666. The van der Waals surface area contributed by atoms with Gasteiger partial charge in [0, 0.05) is 0 Å². The van der Waals surface area contributed by atoms with Crippen LogP contribution in [-0.4, -0.2) is 44.7 Å². The number of aliphatic hydroxyl groups excluding tert-OH is 3. The van der Waals surface area contributed by atoms with Crippen molar-refractivity contribution in [3.63, 3.8) is 0 Å². The molecule has 0 bridgehead atoms. The molecule has 4 rings (SSSR count). The van der Waals surface area contributed by atoms with Gasteiger partial charge in [0.05, 0.1) is 24.2 Å². The average Bonchev–Trinajstić information content (AvgIpc) is 3.02. The Balaban J connectivity index is 1.72. The molecule has 30 heavy (non-hydrogen) atoms. The van der Waals surface area contributed by atoms with Gasteiger partial charge in [-0.25, -0.2) is 0 Å². The smallest absolute Gasteiger partial charge is 0.307 e. The molecule has 4 aliphatic rings. The highest BCUT2D eigenvalue weighted by Crippen LogP contribution is 2.69. The zero-order chi connectivity index (χ0) is 22.0. The number of rotatable bonds is 4. The van der Waals surface area contributed by atoms with Gasteiger partial charge in [0.15, 0.2) is 0 Å². The molecule has 0 aromatic heterocycles. The second-order valence-electron chi connectivity index (χ2n) is 11.7. The minimum atomic E-state index is -0.833. The van der Waals surface area contributed by atoms with E-state index in [1.54, 1.807) is 0 Å². The van der Waals surface area contributed by atoms with E-state index in [0.29, 0.717) is 31.1 Å². The fourth-order valence-electron chi connectivity index (χ4n) is 9.26. The maximum absolute atomic E-state index is 12.3. The van der Waals surface area contributed by atoms with Gasteiger partial charge >= 0.3 is 5.97 Å². The molecule has 0 amide bonds. The van der Waals surface area contributed by atoms with Crippen LogP contribution in [0.3, 0.4) is 0 Å². The van der Waals surface area contributed by atoms with Gasteiger partial charge in [-0.2, -0.15) is 0 Å². The van der Waals surface area contributed by atoms with Gasteiger partial charge in [-0.1, -0.05) is 40.5 Å². The maximum Gasteiger partial charge on any atom is 0.307 e. The zero-order valence-corrected chi connectivity index (χ0v) is 19.1. The fraction of sp³-hybridized carbons (Fsp3) is 0.960. The van der Waals surface area contributed by atoms with Gasteiger partial charge in [0.25, 0.3) is 0 Å². The second-order valence-corrected chi connectivity index (χ2v) is 11.7. The predicted molar refractivity (Wildman–Crippen MR) is 115 cm³/mol. The van der Waals surface area contributed by atoms with Crippen molar-refractivity contribution >= 4 is 5.97 Å². The molecule has 4 saturated carbocycles. The van der Waals surface area contributed by atoms with Gasteiger partial charge in [-0.05, 0) is 84.9 Å². The van der Waals surface area contributed by atoms with Gasteiger partial charge in [-0.3, -0.25) is 4.79 Å². The summed E-state index contributed by atoms with van der Waals surface area (Å²) < 4.78 is 0. The number of hydrogen-bond donors (Lipinski definition) is 4. The van der Waals surface area contributed by atoms with Crippen molar-refractivity contribution in [2.75, 3.05) is 0 Å². The number of carbonyl (C=O) groups is 1. The first kappa shape index (κ1) is 22.5. The molecule has 1 unspecified atom stereocenters. The van der Waals surface area contributed by atoms with Crippen LogP contribution in [0.2, 0.25) is 0 Å². The molecule has 4 fully saturated rings. The van der Waals surface area contributed by atoms with E-state index in [4.69, 9.17) is 0 Å². The lowest BCUT2D eigenvalue weighted by Gasteiger charge is -2.64. The van der Waals surface area contributed by atoms with Gasteiger partial charge in [0.2, 0.25) is 0 Å². The van der Waals surface area contributed by atoms with E-state index in [9.17, 15) is 25.2 Å². The summed E-state index contributed by atoms with van der Waals surface area (Å²) in [6.45, 7) is 8.88. The summed E-state index contributed by atoms with van der Waals surface area (Å²) >= 11 is 0. The minimum Gasteiger partial charge on any atom is -0.481 e. The lowest BCUT2D eigenvalue weighted by Crippen LogP contribution is -2.65. The van der Waals surface area contributed by atoms with Crippen LogP contribution in [0.1, 0.15) is 79.1 Å². The van der Waals surface area contributed by atoms with Crippen LogP contribution in [0, 0.1) is 52.3 Å². The highest BCUT2D eigenvalue weighted by Gasteiger charge is 2.68. The molecule has 172 valence electrons. The van der Waals surface area contributed by atoms with E-state index in [1.165, 1.54) is 0 Å². The average molecular weight is 423 g/mol. The van der Waals surface area contributed by atoms with E-state index >= 15 is 0 Å². The topological polar surface area (TPSA) is 98.0 Å². The number of aliphatic carboxylic acids is 1. The van der Waals surface area contributed by atoms with Crippen molar-refractivity contribution in [2.45, 2.75) is 97.4 Å². The highest BCUT2D eigenvalue weighted by molar-refractivity contribution is 5.71. The summed E-state index contributed by atoms with van der Waals surface area (Å²) in [6, 6.07) is 0. The molecule has 0 aliphatic heterocycles. The van der Waals surface area contributed by atoms with Crippen molar-refractivity contribution in [1.29, 1.82) is 0 Å². The Labute approximate surface area is 181 Å². The Morgan fingerprint density at radius 1 is 1.00 bits per heavy atom. The van der Waals surface area contributed by atoms with Crippen LogP contribution in [0.15, 0.2) is 0 Å². The molecule has 0 heterocycles. The van der Waals surface area contributed by atoms with E-state index in [1.807, 2.05) is 0 Å². The zero-order valence-electron chi connectivity index (χ0n) is 19.1. The monoisotopic (exact) mass is 422 g/mol. The van der Waals surface area contributed by atoms with Crippen molar-refractivity contribution in [1.82, 2.24) is 0 Å². The third kappa shape index (κ3) is 3.02. The van der Waals surface area contributed by atoms with Crippen LogP contribution in [0.5, 0.6) is 0 Å². The third-order valence-electron chi connectivity index (χ3n) is 10.7. The summed E-state index contributed by atoms with van der Waals surface area (Å²) in [5, 5.41) is 43.3. The quantitative estimate of drug-likeness (QED) is 0.554. The Hall–Kier alpha value is -0.650. The SMILES string of the molecule is CCC[C@@H](C)[C@H]1CC[C@H]2[C@@H]3[C@H](O)C[C@@H]4C[C@H](O)CC(C(=O)O)[C@]4(C)[C@H]3C[C@H](O)[C@]12C. The first-order valence-corrected chi connectivity index (χ1v) is 12.3. The summed E-state index contributed by atoms with van der Waals surface area (Å²) in [4.78, 5) is 12.3. The molecule has 5 heteroatoms. The van der Waals surface area contributed by atoms with Crippen LogP contribution in [0.25, 0.3) is 0 Å². The van der Waals surface area contributed by atoms with Crippen LogP contribution < -0.4 is 0 Å². The van der Waals surface area contributed by atoms with Crippen molar-refractivity contribution in [2.24, 2.45) is 52.3 Å². The fourth-order valence-corrected chi connectivity index (χ4v) is 9.26. The maximum atomic E-state index is 12.3. The molecule has 4 N–H and O–H groups in total. The van der Waals surface area contributed by atoms with Gasteiger partial charge < -0.3 is 20.4 Å². The largest absolute Gasteiger partial charge is 0.481 e. The Kier molecular flexibility index (Phi) is 5.81. The minimum absolute atomic E-state index is 0.00634. The van der Waals surface area contributed by atoms with Crippen molar-refractivity contribution < 1.29 is 25.2 Å². The molecule has 5 nitrogen and oxygen atoms in total. The van der Waals surface area contributed by atoms with Crippen LogP contribution in [0.4, 0.5) is 0 Å². The molecular weight excluding hydrogens is 380 g/mol. The molecule has 12 atom stereocenters. The number of hydrogen-bond acceptors (Lipinski definition) is 4. The van der Waals surface area contributed by atoms with E-state index in [-0.39, 0.29) is 35.5 Å². The number of carboxylic acid groups (broad SMARTS) is 1. The molecular formula is C25H42O5.